The Morgan fingerprint density at radius 3 is 2.57 bits per heavy atom. The number of carbonyl (C=O) groups excluding carboxylic acids is 1. The maximum atomic E-state index is 13.0. The van der Waals surface area contributed by atoms with Gasteiger partial charge >= 0.3 is 0 Å². The van der Waals surface area contributed by atoms with Gasteiger partial charge in [0.1, 0.15) is 0 Å². The lowest BCUT2D eigenvalue weighted by Crippen LogP contribution is -2.28. The number of aryl methyl sites for hydroxylation is 1. The van der Waals surface area contributed by atoms with Gasteiger partial charge < -0.3 is 9.42 Å². The lowest BCUT2D eigenvalue weighted by atomic mass is 9.86. The van der Waals surface area contributed by atoms with Crippen LogP contribution in [-0.2, 0) is 11.3 Å². The molecule has 1 aliphatic rings. The summed E-state index contributed by atoms with van der Waals surface area (Å²) < 4.78 is 5.33. The van der Waals surface area contributed by atoms with E-state index in [9.17, 15) is 4.79 Å². The number of hydrogen-bond acceptors (Lipinski definition) is 4. The summed E-state index contributed by atoms with van der Waals surface area (Å²) in [5, 5.41) is 4.03. The Kier molecular flexibility index (Phi) is 5.24. The quantitative estimate of drug-likeness (QED) is 0.613. The molecule has 0 bridgehead atoms. The first-order valence-electron chi connectivity index (χ1n) is 9.78. The highest BCUT2D eigenvalue weighted by Crippen LogP contribution is 2.38. The number of aromatic nitrogens is 2. The summed E-state index contributed by atoms with van der Waals surface area (Å²) in [6.07, 6.45) is 2.65. The van der Waals surface area contributed by atoms with E-state index in [1.54, 1.807) is 11.9 Å². The summed E-state index contributed by atoms with van der Waals surface area (Å²) in [7, 11) is 1.79. The van der Waals surface area contributed by atoms with Crippen LogP contribution < -0.4 is 0 Å². The first-order chi connectivity index (χ1) is 13.6. The van der Waals surface area contributed by atoms with E-state index < -0.39 is 0 Å². The molecular weight excluding hydrogens is 350 g/mol. The average Bonchev–Trinajstić information content (AvgIpc) is 3.46. The summed E-state index contributed by atoms with van der Waals surface area (Å²) in [6, 6.07) is 18.5. The molecule has 1 aliphatic carbocycles. The van der Waals surface area contributed by atoms with Crippen LogP contribution in [0.2, 0.25) is 0 Å². The average molecular weight is 375 g/mol. The molecule has 0 spiro atoms. The van der Waals surface area contributed by atoms with E-state index in [-0.39, 0.29) is 11.8 Å². The molecular formula is C23H25N3O2. The molecule has 0 N–H and O–H groups in total. The summed E-state index contributed by atoms with van der Waals surface area (Å²) >= 11 is 0. The molecule has 4 rings (SSSR count). The maximum absolute atomic E-state index is 13.0. The second kappa shape index (κ2) is 7.97. The fraction of sp³-hybridized carbons (Fsp3) is 0.348. The van der Waals surface area contributed by atoms with Crippen molar-refractivity contribution in [2.24, 2.45) is 0 Å². The van der Waals surface area contributed by atoms with Gasteiger partial charge in [-0.15, -0.1) is 0 Å². The zero-order valence-electron chi connectivity index (χ0n) is 16.3. The fourth-order valence-electron chi connectivity index (χ4n) is 3.53. The largest absolute Gasteiger partial charge is 0.337 e. The number of nitrogens with zero attached hydrogens (tertiary/aromatic N) is 3. The molecule has 1 aromatic heterocycles. The van der Waals surface area contributed by atoms with Gasteiger partial charge in [-0.1, -0.05) is 59.8 Å². The smallest absolute Gasteiger partial charge is 0.246 e. The number of benzene rings is 2. The SMILES string of the molecule is Cc1ccccc1[C@H](CC(=O)N(C)Cc1nc(C2CC2)no1)c1ccccc1. The van der Waals surface area contributed by atoms with Crippen molar-refractivity contribution in [1.82, 2.24) is 15.0 Å². The van der Waals surface area contributed by atoms with Crippen molar-refractivity contribution in [2.75, 3.05) is 7.05 Å². The van der Waals surface area contributed by atoms with E-state index in [2.05, 4.69) is 41.3 Å². The van der Waals surface area contributed by atoms with E-state index in [0.29, 0.717) is 24.8 Å². The van der Waals surface area contributed by atoms with Crippen molar-refractivity contribution in [1.29, 1.82) is 0 Å². The van der Waals surface area contributed by atoms with Crippen LogP contribution in [0.5, 0.6) is 0 Å². The van der Waals surface area contributed by atoms with Crippen LogP contribution in [0.4, 0.5) is 0 Å². The first-order valence-corrected chi connectivity index (χ1v) is 9.78. The Morgan fingerprint density at radius 2 is 1.86 bits per heavy atom. The summed E-state index contributed by atoms with van der Waals surface area (Å²) in [6.45, 7) is 2.44. The van der Waals surface area contributed by atoms with E-state index in [1.165, 1.54) is 11.1 Å². The third-order valence-electron chi connectivity index (χ3n) is 5.37. The van der Waals surface area contributed by atoms with Crippen LogP contribution in [-0.4, -0.2) is 28.0 Å². The van der Waals surface area contributed by atoms with Crippen molar-refractivity contribution in [3.8, 4) is 0 Å². The predicted molar refractivity (Wildman–Crippen MR) is 107 cm³/mol. The maximum Gasteiger partial charge on any atom is 0.246 e. The van der Waals surface area contributed by atoms with Crippen LogP contribution in [0.3, 0.4) is 0 Å². The number of rotatable bonds is 7. The van der Waals surface area contributed by atoms with Crippen molar-refractivity contribution < 1.29 is 9.32 Å². The minimum absolute atomic E-state index is 0.0158. The topological polar surface area (TPSA) is 59.2 Å². The minimum atomic E-state index is 0.0158. The number of carbonyl (C=O) groups is 1. The standard InChI is InChI=1S/C23H25N3O2/c1-16-8-6-7-11-19(16)20(17-9-4-3-5-10-17)14-22(27)26(2)15-21-24-23(25-28-21)18-12-13-18/h3-11,18,20H,12-15H2,1-2H3/t20-/m1/s1. The Balaban J connectivity index is 1.50. The highest BCUT2D eigenvalue weighted by Gasteiger charge is 2.29. The van der Waals surface area contributed by atoms with Gasteiger partial charge in [-0.05, 0) is 36.5 Å². The van der Waals surface area contributed by atoms with Crippen molar-refractivity contribution in [2.45, 2.75) is 44.6 Å². The molecule has 0 unspecified atom stereocenters. The van der Waals surface area contributed by atoms with Crippen LogP contribution in [0.15, 0.2) is 59.1 Å². The molecule has 1 heterocycles. The Hall–Kier alpha value is -2.95. The molecule has 0 aliphatic heterocycles. The molecule has 144 valence electrons. The lowest BCUT2D eigenvalue weighted by Gasteiger charge is -2.23. The molecule has 1 saturated carbocycles. The Labute approximate surface area is 165 Å². The van der Waals surface area contributed by atoms with Crippen LogP contribution in [0.25, 0.3) is 0 Å². The molecule has 3 aromatic rings. The normalized spacial score (nSPS) is 14.6. The minimum Gasteiger partial charge on any atom is -0.337 e. The molecule has 28 heavy (non-hydrogen) atoms. The highest BCUT2D eigenvalue weighted by molar-refractivity contribution is 5.77. The summed E-state index contributed by atoms with van der Waals surface area (Å²) in [4.78, 5) is 19.1. The zero-order chi connectivity index (χ0) is 19.5. The third kappa shape index (κ3) is 4.14. The van der Waals surface area contributed by atoms with Crippen LogP contribution >= 0.6 is 0 Å². The van der Waals surface area contributed by atoms with E-state index in [0.717, 1.165) is 24.2 Å². The molecule has 1 atom stereocenters. The molecule has 2 aromatic carbocycles. The molecule has 5 nitrogen and oxygen atoms in total. The first kappa shape index (κ1) is 18.4. The summed E-state index contributed by atoms with van der Waals surface area (Å²) in [5.41, 5.74) is 3.52. The van der Waals surface area contributed by atoms with Gasteiger partial charge in [-0.3, -0.25) is 4.79 Å². The monoisotopic (exact) mass is 375 g/mol. The fourth-order valence-corrected chi connectivity index (χ4v) is 3.53. The van der Waals surface area contributed by atoms with E-state index in [1.807, 2.05) is 30.3 Å². The second-order valence-corrected chi connectivity index (χ2v) is 7.59. The predicted octanol–water partition coefficient (Wildman–Crippen LogP) is 4.44. The molecule has 1 fully saturated rings. The van der Waals surface area contributed by atoms with Gasteiger partial charge in [0.2, 0.25) is 11.8 Å². The van der Waals surface area contributed by atoms with Crippen LogP contribution in [0.1, 0.15) is 59.5 Å². The second-order valence-electron chi connectivity index (χ2n) is 7.59. The van der Waals surface area contributed by atoms with Crippen molar-refractivity contribution >= 4 is 5.91 Å². The van der Waals surface area contributed by atoms with Crippen LogP contribution in [0, 0.1) is 6.92 Å². The van der Waals surface area contributed by atoms with Gasteiger partial charge in [-0.25, -0.2) is 0 Å². The van der Waals surface area contributed by atoms with Crippen molar-refractivity contribution in [3.63, 3.8) is 0 Å². The Bertz CT molecular complexity index is 947. The summed E-state index contributed by atoms with van der Waals surface area (Å²) in [5.74, 6) is 1.80. The zero-order valence-corrected chi connectivity index (χ0v) is 16.3. The van der Waals surface area contributed by atoms with Crippen molar-refractivity contribution in [3.05, 3.63) is 83.0 Å². The van der Waals surface area contributed by atoms with E-state index >= 15 is 0 Å². The van der Waals surface area contributed by atoms with Gasteiger partial charge in [0.05, 0.1) is 6.54 Å². The lowest BCUT2D eigenvalue weighted by molar-refractivity contribution is -0.131. The number of amides is 1. The van der Waals surface area contributed by atoms with Gasteiger partial charge in [0.25, 0.3) is 0 Å². The molecule has 5 heteroatoms. The van der Waals surface area contributed by atoms with Gasteiger partial charge in [0, 0.05) is 25.3 Å². The number of hydrogen-bond donors (Lipinski definition) is 0. The molecule has 0 saturated heterocycles. The molecule has 0 radical (unpaired) electrons. The van der Waals surface area contributed by atoms with Gasteiger partial charge in [0.15, 0.2) is 5.82 Å². The molecule has 1 amide bonds. The Morgan fingerprint density at radius 1 is 1.14 bits per heavy atom. The highest BCUT2D eigenvalue weighted by atomic mass is 16.5. The third-order valence-corrected chi connectivity index (χ3v) is 5.37. The van der Waals surface area contributed by atoms with E-state index in [4.69, 9.17) is 4.52 Å². The van der Waals surface area contributed by atoms with Gasteiger partial charge in [-0.2, -0.15) is 4.98 Å².